The number of nitrogens with one attached hydrogen (secondary N) is 1. The van der Waals surface area contributed by atoms with Crippen LogP contribution in [0.4, 0.5) is 0 Å². The summed E-state index contributed by atoms with van der Waals surface area (Å²) in [4.78, 5) is 26.0. The zero-order valence-electron chi connectivity index (χ0n) is 16.5. The van der Waals surface area contributed by atoms with E-state index in [0.29, 0.717) is 31.2 Å². The van der Waals surface area contributed by atoms with Crippen molar-refractivity contribution in [2.45, 2.75) is 46.3 Å². The first-order valence-corrected chi connectivity index (χ1v) is 9.24. The molecule has 2 aromatic heterocycles. The molecule has 0 saturated heterocycles. The van der Waals surface area contributed by atoms with E-state index in [4.69, 9.17) is 9.15 Å². The number of amides is 2. The third kappa shape index (κ3) is 5.99. The zero-order chi connectivity index (χ0) is 19.8. The highest BCUT2D eigenvalue weighted by atomic mass is 16.5. The van der Waals surface area contributed by atoms with Crippen LogP contribution in [0.2, 0.25) is 0 Å². The molecule has 0 spiro atoms. The molecule has 27 heavy (non-hydrogen) atoms. The molecule has 0 unspecified atom stereocenters. The fourth-order valence-corrected chi connectivity index (χ4v) is 2.81. The van der Waals surface area contributed by atoms with E-state index in [9.17, 15) is 9.59 Å². The minimum Gasteiger partial charge on any atom is -0.454 e. The van der Waals surface area contributed by atoms with Gasteiger partial charge >= 0.3 is 0 Å². The SMILES string of the molecule is CCCN(Cc1cccn1Cc1ccc(C(=O)NC(C)C)o1)C(=O)COC. The highest BCUT2D eigenvalue weighted by Crippen LogP contribution is 2.14. The molecule has 7 nitrogen and oxygen atoms in total. The molecule has 2 rings (SSSR count). The van der Waals surface area contributed by atoms with Gasteiger partial charge in [-0.1, -0.05) is 6.92 Å². The molecule has 0 radical (unpaired) electrons. The molecule has 0 aromatic carbocycles. The highest BCUT2D eigenvalue weighted by molar-refractivity contribution is 5.91. The van der Waals surface area contributed by atoms with Crippen LogP contribution in [0.25, 0.3) is 0 Å². The lowest BCUT2D eigenvalue weighted by atomic mass is 10.3. The monoisotopic (exact) mass is 375 g/mol. The fourth-order valence-electron chi connectivity index (χ4n) is 2.81. The Morgan fingerprint density at radius 1 is 1.30 bits per heavy atom. The summed E-state index contributed by atoms with van der Waals surface area (Å²) in [5, 5.41) is 2.81. The van der Waals surface area contributed by atoms with Crippen molar-refractivity contribution in [3.05, 3.63) is 47.7 Å². The van der Waals surface area contributed by atoms with Gasteiger partial charge in [-0.25, -0.2) is 0 Å². The third-order valence-corrected chi connectivity index (χ3v) is 4.02. The standard InChI is InChI=1S/C20H29N3O4/c1-5-10-23(19(24)14-26-4)12-16-7-6-11-22(16)13-17-8-9-18(27-17)20(25)21-15(2)3/h6-9,11,15H,5,10,12-14H2,1-4H3,(H,21,25). The molecule has 0 saturated carbocycles. The molecular weight excluding hydrogens is 346 g/mol. The zero-order valence-corrected chi connectivity index (χ0v) is 16.5. The smallest absolute Gasteiger partial charge is 0.287 e. The summed E-state index contributed by atoms with van der Waals surface area (Å²) in [7, 11) is 1.52. The Bertz CT molecular complexity index is 748. The normalized spacial score (nSPS) is 11.0. The van der Waals surface area contributed by atoms with Crippen molar-refractivity contribution >= 4 is 11.8 Å². The molecule has 2 amide bonds. The number of hydrogen-bond acceptors (Lipinski definition) is 4. The van der Waals surface area contributed by atoms with Gasteiger partial charge in [0, 0.05) is 31.6 Å². The summed E-state index contributed by atoms with van der Waals surface area (Å²) >= 11 is 0. The average Bonchev–Trinajstić information content (AvgIpc) is 3.24. The number of furan rings is 1. The molecule has 0 fully saturated rings. The number of methoxy groups -OCH3 is 1. The summed E-state index contributed by atoms with van der Waals surface area (Å²) in [6, 6.07) is 7.46. The second-order valence-corrected chi connectivity index (χ2v) is 6.77. The van der Waals surface area contributed by atoms with Crippen LogP contribution in [-0.2, 0) is 22.6 Å². The molecule has 2 aromatic rings. The van der Waals surface area contributed by atoms with E-state index in [1.165, 1.54) is 7.11 Å². The molecule has 0 aliphatic rings. The summed E-state index contributed by atoms with van der Waals surface area (Å²) in [5.41, 5.74) is 0.998. The van der Waals surface area contributed by atoms with Crippen LogP contribution in [-0.4, -0.2) is 47.6 Å². The Balaban J connectivity index is 2.07. The average molecular weight is 375 g/mol. The number of ether oxygens (including phenoxy) is 1. The minimum atomic E-state index is -0.219. The molecule has 2 heterocycles. The van der Waals surface area contributed by atoms with E-state index in [-0.39, 0.29) is 24.5 Å². The van der Waals surface area contributed by atoms with Gasteiger partial charge in [-0.3, -0.25) is 9.59 Å². The maximum Gasteiger partial charge on any atom is 0.287 e. The molecule has 0 aliphatic carbocycles. The van der Waals surface area contributed by atoms with Crippen molar-refractivity contribution in [2.24, 2.45) is 0 Å². The van der Waals surface area contributed by atoms with Crippen molar-refractivity contribution in [2.75, 3.05) is 20.3 Å². The van der Waals surface area contributed by atoms with Crippen LogP contribution < -0.4 is 5.32 Å². The molecule has 7 heteroatoms. The van der Waals surface area contributed by atoms with E-state index in [2.05, 4.69) is 5.32 Å². The van der Waals surface area contributed by atoms with Crippen LogP contribution >= 0.6 is 0 Å². The van der Waals surface area contributed by atoms with Gasteiger partial charge < -0.3 is 23.9 Å². The van der Waals surface area contributed by atoms with Gasteiger partial charge in [0.25, 0.3) is 5.91 Å². The Kier molecular flexibility index (Phi) is 7.67. The predicted octanol–water partition coefficient (Wildman–Crippen LogP) is 2.65. The van der Waals surface area contributed by atoms with E-state index >= 15 is 0 Å². The van der Waals surface area contributed by atoms with Gasteiger partial charge in [0.15, 0.2) is 5.76 Å². The number of carbonyl (C=O) groups is 2. The second kappa shape index (κ2) is 9.97. The van der Waals surface area contributed by atoms with Crippen molar-refractivity contribution < 1.29 is 18.7 Å². The van der Waals surface area contributed by atoms with Crippen LogP contribution in [0.3, 0.4) is 0 Å². The molecular formula is C20H29N3O4. The Morgan fingerprint density at radius 2 is 2.07 bits per heavy atom. The predicted molar refractivity (Wildman–Crippen MR) is 102 cm³/mol. The van der Waals surface area contributed by atoms with Crippen LogP contribution in [0.5, 0.6) is 0 Å². The number of nitrogens with zero attached hydrogens (tertiary/aromatic N) is 2. The van der Waals surface area contributed by atoms with Crippen LogP contribution in [0.1, 0.15) is 49.2 Å². The van der Waals surface area contributed by atoms with Gasteiger partial charge in [-0.15, -0.1) is 0 Å². The van der Waals surface area contributed by atoms with Crippen molar-refractivity contribution in [3.8, 4) is 0 Å². The summed E-state index contributed by atoms with van der Waals surface area (Å²) in [6.45, 7) is 7.60. The van der Waals surface area contributed by atoms with Gasteiger partial charge in [-0.2, -0.15) is 0 Å². The Hall–Kier alpha value is -2.54. The number of rotatable bonds is 10. The molecule has 0 aliphatic heterocycles. The number of aromatic nitrogens is 1. The molecule has 0 atom stereocenters. The molecule has 1 N–H and O–H groups in total. The summed E-state index contributed by atoms with van der Waals surface area (Å²) in [6.07, 6.45) is 2.82. The first-order chi connectivity index (χ1) is 12.9. The van der Waals surface area contributed by atoms with Gasteiger partial charge in [0.05, 0.1) is 13.1 Å². The maximum absolute atomic E-state index is 12.2. The second-order valence-electron chi connectivity index (χ2n) is 6.77. The van der Waals surface area contributed by atoms with E-state index in [1.54, 1.807) is 17.0 Å². The van der Waals surface area contributed by atoms with E-state index < -0.39 is 0 Å². The Morgan fingerprint density at radius 3 is 2.74 bits per heavy atom. The lowest BCUT2D eigenvalue weighted by Crippen LogP contribution is -2.34. The van der Waals surface area contributed by atoms with Crippen molar-refractivity contribution in [3.63, 3.8) is 0 Å². The van der Waals surface area contributed by atoms with Gasteiger partial charge in [-0.05, 0) is 44.5 Å². The lowest BCUT2D eigenvalue weighted by molar-refractivity contribution is -0.135. The van der Waals surface area contributed by atoms with Gasteiger partial charge in [0.1, 0.15) is 12.4 Å². The van der Waals surface area contributed by atoms with Crippen LogP contribution in [0, 0.1) is 0 Å². The van der Waals surface area contributed by atoms with Crippen molar-refractivity contribution in [1.82, 2.24) is 14.8 Å². The first kappa shape index (κ1) is 20.8. The van der Waals surface area contributed by atoms with E-state index in [1.807, 2.05) is 43.7 Å². The Labute approximate surface area is 160 Å². The highest BCUT2D eigenvalue weighted by Gasteiger charge is 2.16. The number of carbonyl (C=O) groups excluding carboxylic acids is 2. The minimum absolute atomic E-state index is 0.0299. The molecule has 148 valence electrons. The quantitative estimate of drug-likeness (QED) is 0.693. The summed E-state index contributed by atoms with van der Waals surface area (Å²) in [5.74, 6) is 0.739. The van der Waals surface area contributed by atoms with Gasteiger partial charge in [0.2, 0.25) is 5.91 Å². The lowest BCUT2D eigenvalue weighted by Gasteiger charge is -2.22. The third-order valence-electron chi connectivity index (χ3n) is 4.02. The van der Waals surface area contributed by atoms with Crippen molar-refractivity contribution in [1.29, 1.82) is 0 Å². The maximum atomic E-state index is 12.2. The topological polar surface area (TPSA) is 76.7 Å². The van der Waals surface area contributed by atoms with E-state index in [0.717, 1.165) is 12.1 Å². The van der Waals surface area contributed by atoms with Crippen LogP contribution in [0.15, 0.2) is 34.9 Å². The largest absolute Gasteiger partial charge is 0.454 e. The summed E-state index contributed by atoms with van der Waals surface area (Å²) < 4.78 is 12.7. The molecule has 0 bridgehead atoms. The fraction of sp³-hybridized carbons (Fsp3) is 0.500. The number of hydrogen-bond donors (Lipinski definition) is 1. The first-order valence-electron chi connectivity index (χ1n) is 9.24.